The highest BCUT2D eigenvalue weighted by molar-refractivity contribution is 5.79. The van der Waals surface area contributed by atoms with Gasteiger partial charge in [-0.15, -0.1) is 10.2 Å². The molecule has 6 fully saturated rings. The minimum atomic E-state index is -1.73. The summed E-state index contributed by atoms with van der Waals surface area (Å²) in [5.41, 5.74) is 1.21. The van der Waals surface area contributed by atoms with Crippen molar-refractivity contribution in [3.63, 3.8) is 0 Å². The number of carbonyl (C=O) groups excluding carboxylic acids is 3. The molecule has 0 bridgehead atoms. The summed E-state index contributed by atoms with van der Waals surface area (Å²) in [6.07, 6.45) is -18.4. The van der Waals surface area contributed by atoms with Crippen LogP contribution in [0.5, 0.6) is 0 Å². The molecule has 3 saturated carbocycles. The Balaban J connectivity index is 0.791. The van der Waals surface area contributed by atoms with Gasteiger partial charge in [0.15, 0.2) is 25.0 Å². The molecule has 98 heavy (non-hydrogen) atoms. The Bertz CT molecular complexity index is 3260. The molecule has 3 amide bonds. The fraction of sp³-hybridized carbons (Fsp3) is 0.692. The third-order valence-corrected chi connectivity index (χ3v) is 19.8. The van der Waals surface area contributed by atoms with Gasteiger partial charge in [0.25, 0.3) is 0 Å². The molecule has 24 atom stereocenters. The maximum absolute atomic E-state index is 14.3. The first kappa shape index (κ1) is 74.5. The highest BCUT2D eigenvalue weighted by Crippen LogP contribution is 2.42. The first-order valence-corrected chi connectivity index (χ1v) is 33.7. The van der Waals surface area contributed by atoms with Gasteiger partial charge in [-0.05, 0) is 75.1 Å². The Kier molecular flexibility index (Phi) is 25.8. The van der Waals surface area contributed by atoms with Gasteiger partial charge < -0.3 is 105 Å². The monoisotopic (exact) mass is 1390 g/mol. The lowest BCUT2D eigenvalue weighted by Crippen LogP contribution is -2.67. The van der Waals surface area contributed by atoms with Gasteiger partial charge in [0, 0.05) is 56.1 Å². The van der Waals surface area contributed by atoms with E-state index in [4.69, 9.17) is 33.2 Å². The number of nitrogens with one attached hydrogen (secondary N) is 4. The van der Waals surface area contributed by atoms with Crippen LogP contribution < -0.4 is 21.3 Å². The maximum Gasteiger partial charge on any atom is 0.332 e. The molecule has 0 radical (unpaired) electrons. The van der Waals surface area contributed by atoms with Crippen LogP contribution in [0, 0.1) is 35.3 Å². The van der Waals surface area contributed by atoms with Crippen molar-refractivity contribution in [3.05, 3.63) is 72.6 Å². The molecule has 10 rings (SSSR count). The number of carbonyl (C=O) groups is 4. The average molecular weight is 1390 g/mol. The molecule has 3 aliphatic carbocycles. The zero-order chi connectivity index (χ0) is 70.1. The second kappa shape index (κ2) is 34.0. The topological polar surface area (TPSA) is 445 Å². The van der Waals surface area contributed by atoms with Crippen LogP contribution in [0.3, 0.4) is 0 Å². The second-order valence-electron chi connectivity index (χ2n) is 26.5. The largest absolute Gasteiger partial charge is 0.479 e. The molecular weight excluding hydrogens is 1290 g/mol. The number of aliphatic hydroxyl groups is 9. The number of rotatable bonds is 27. The summed E-state index contributed by atoms with van der Waals surface area (Å²) in [6, 6.07) is 7.44. The second-order valence-corrected chi connectivity index (χ2v) is 26.5. The normalized spacial score (nSPS) is 35.1. The fourth-order valence-corrected chi connectivity index (χ4v) is 14.4. The van der Waals surface area contributed by atoms with E-state index in [9.17, 15) is 79.0 Å². The van der Waals surface area contributed by atoms with E-state index in [1.54, 1.807) is 12.1 Å². The van der Waals surface area contributed by atoms with Gasteiger partial charge in [0.05, 0.1) is 56.1 Å². The van der Waals surface area contributed by atoms with Crippen LogP contribution in [0.15, 0.2) is 60.9 Å². The van der Waals surface area contributed by atoms with Gasteiger partial charge in [-0.3, -0.25) is 14.4 Å². The zero-order valence-electron chi connectivity index (χ0n) is 54.6. The first-order chi connectivity index (χ1) is 47.0. The van der Waals surface area contributed by atoms with E-state index >= 15 is 0 Å². The fourth-order valence-electron chi connectivity index (χ4n) is 14.4. The molecule has 33 heteroatoms. The van der Waals surface area contributed by atoms with Gasteiger partial charge in [0.1, 0.15) is 96.1 Å². The van der Waals surface area contributed by atoms with Gasteiger partial charge in [-0.1, -0.05) is 80.1 Å². The SMILES string of the molecule is CCC1CC(C(=O)NCCNCCNC(=O)C2CC(n3cc(-c4cccc(F)c4)nn3)[C@H](O)[C@H](O[C@@H]3OC(CO)[C@H](O)C(n4cc(-c5cccc(F)c5)nn4)C3O)C2)C[C@@H](O[C@@H]2OC(CO)[C@H](O)C(O[C@@H](CC3CCCCC3)C(=O)O)C2NC(C)=O)C1O[C@@H]1OC(C)[C@@H](O)C(O)C1O. The van der Waals surface area contributed by atoms with Crippen molar-refractivity contribution < 1.29 is 112 Å². The van der Waals surface area contributed by atoms with E-state index in [-0.39, 0.29) is 75.6 Å². The number of aromatic nitrogens is 6. The molecule has 6 aliphatic rings. The average Bonchev–Trinajstić information content (AvgIpc) is 1.14. The molecule has 0 spiro atoms. The van der Waals surface area contributed by atoms with E-state index < -0.39 is 195 Å². The number of carboxylic acids is 1. The Hall–Kier alpha value is -6.22. The maximum atomic E-state index is 14.3. The Morgan fingerprint density at radius 3 is 1.82 bits per heavy atom. The van der Waals surface area contributed by atoms with Crippen molar-refractivity contribution in [2.24, 2.45) is 23.7 Å². The summed E-state index contributed by atoms with van der Waals surface area (Å²) in [5.74, 6) is -6.01. The van der Waals surface area contributed by atoms with Crippen LogP contribution in [-0.2, 0) is 52.3 Å². The number of aliphatic hydroxyl groups excluding tert-OH is 9. The predicted octanol–water partition coefficient (Wildman–Crippen LogP) is -0.893. The molecule has 5 heterocycles. The highest BCUT2D eigenvalue weighted by atomic mass is 19.1. The van der Waals surface area contributed by atoms with Crippen LogP contribution in [0.1, 0.15) is 103 Å². The first-order valence-electron chi connectivity index (χ1n) is 33.7. The lowest BCUT2D eigenvalue weighted by atomic mass is 9.75. The van der Waals surface area contributed by atoms with Gasteiger partial charge in [-0.2, -0.15) is 0 Å². The molecule has 14 N–H and O–H groups in total. The Labute approximate surface area is 563 Å². The van der Waals surface area contributed by atoms with Crippen molar-refractivity contribution in [3.8, 4) is 22.5 Å². The highest BCUT2D eigenvalue weighted by Gasteiger charge is 2.54. The van der Waals surface area contributed by atoms with Crippen LogP contribution in [0.2, 0.25) is 0 Å². The summed E-state index contributed by atoms with van der Waals surface area (Å²) >= 11 is 0. The molecule has 31 nitrogen and oxygen atoms in total. The Morgan fingerprint density at radius 2 is 1.21 bits per heavy atom. The van der Waals surface area contributed by atoms with Crippen molar-refractivity contribution >= 4 is 23.7 Å². The lowest BCUT2D eigenvalue weighted by molar-refractivity contribution is -0.338. The predicted molar refractivity (Wildman–Crippen MR) is 335 cm³/mol. The minimum Gasteiger partial charge on any atom is -0.479 e. The number of benzene rings is 2. The van der Waals surface area contributed by atoms with Gasteiger partial charge in [0.2, 0.25) is 17.7 Å². The van der Waals surface area contributed by atoms with Crippen molar-refractivity contribution in [2.45, 2.75) is 220 Å². The number of carboxylic acid groups (broad SMARTS) is 1. The third kappa shape index (κ3) is 17.7. The number of hydrogen-bond acceptors (Lipinski definition) is 25. The standard InChI is InChI=1S/C65H92F2N10O21/c1-4-34-21-37(26-45(58(34)98-65-57(87)56(86)51(81)31(2)92-65)95-63-49(71-32(3)80)59(54(84)48(30-79)96-63)93-46(62(90)91)20-33-10-6-5-7-11-33)60(88)69-18-16-68-17-19-70-61(89)38-24-43(76-27-41(72-74-76)35-12-8-14-39(66)22-35)52(82)44(25-38)94-64-55(85)50(53(83)47(29-78)97-64)77-28-42(73-75-77)36-13-9-15-40(67)23-36/h8-9,12-15,22-23,27-28,31,33-34,37-38,43-59,63-65,68,78-79,81-87H,4-7,10-11,16-21,24-26,29-30H2,1-3H3,(H,69,88)(H,70,89)(H,71,80)(H,90,91)/t31?,34?,37?,38?,43?,44-,45-,46+,47?,48?,49?,50?,51-,52+,53+,54+,55?,56?,57?,58?,59?,63-,64-,65+/m1/s1. The molecular formula is C65H92F2N10O21. The minimum absolute atomic E-state index is 0.00523. The number of ether oxygens (including phenoxy) is 7. The van der Waals surface area contributed by atoms with Crippen molar-refractivity contribution in [1.29, 1.82) is 0 Å². The van der Waals surface area contributed by atoms with E-state index in [0.717, 1.165) is 36.8 Å². The molecule has 3 saturated heterocycles. The molecule has 4 aromatic rings. The van der Waals surface area contributed by atoms with Crippen LogP contribution in [0.25, 0.3) is 22.5 Å². The van der Waals surface area contributed by atoms with Crippen LogP contribution in [0.4, 0.5) is 8.78 Å². The number of nitrogens with zero attached hydrogens (tertiary/aromatic N) is 6. The molecule has 2 aromatic heterocycles. The van der Waals surface area contributed by atoms with Crippen molar-refractivity contribution in [2.75, 3.05) is 39.4 Å². The summed E-state index contributed by atoms with van der Waals surface area (Å²) in [5, 5.41) is 139. The number of halogens is 2. The third-order valence-electron chi connectivity index (χ3n) is 19.8. The van der Waals surface area contributed by atoms with Gasteiger partial charge >= 0.3 is 5.97 Å². The van der Waals surface area contributed by atoms with E-state index in [1.165, 1.54) is 67.3 Å². The molecule has 542 valence electrons. The van der Waals surface area contributed by atoms with Crippen LogP contribution in [-0.4, -0.2) is 261 Å². The number of hydrogen-bond donors (Lipinski definition) is 14. The smallest absolute Gasteiger partial charge is 0.332 e. The molecule has 3 aliphatic heterocycles. The number of aliphatic carboxylic acids is 1. The molecule has 2 aromatic carbocycles. The van der Waals surface area contributed by atoms with Gasteiger partial charge in [-0.25, -0.2) is 22.9 Å². The lowest BCUT2D eigenvalue weighted by Gasteiger charge is -2.49. The Morgan fingerprint density at radius 1 is 0.643 bits per heavy atom. The van der Waals surface area contributed by atoms with E-state index in [2.05, 4.69) is 41.9 Å². The summed E-state index contributed by atoms with van der Waals surface area (Å²) in [7, 11) is 0. The van der Waals surface area contributed by atoms with E-state index in [0.29, 0.717) is 17.5 Å². The zero-order valence-corrected chi connectivity index (χ0v) is 54.6. The molecule has 14 unspecified atom stereocenters. The van der Waals surface area contributed by atoms with Crippen LogP contribution >= 0.6 is 0 Å². The number of amides is 3. The summed E-state index contributed by atoms with van der Waals surface area (Å²) < 4.78 is 74.7. The summed E-state index contributed by atoms with van der Waals surface area (Å²) in [4.78, 5) is 54.3. The quantitative estimate of drug-likeness (QED) is 0.0322. The van der Waals surface area contributed by atoms with Crippen molar-refractivity contribution in [1.82, 2.24) is 51.3 Å². The summed E-state index contributed by atoms with van der Waals surface area (Å²) in [6.45, 7) is 3.58. The van der Waals surface area contributed by atoms with E-state index in [1.807, 2.05) is 6.92 Å².